The van der Waals surface area contributed by atoms with E-state index in [1.807, 2.05) is 0 Å². The van der Waals surface area contributed by atoms with E-state index in [1.54, 1.807) is 4.72 Å². The highest BCUT2D eigenvalue weighted by atomic mass is 32.2. The molecule has 2 N–H and O–H groups in total. The molecule has 0 aromatic rings. The molecule has 0 aliphatic carbocycles. The Kier molecular flexibility index (Phi) is 3.84. The zero-order chi connectivity index (χ0) is 8.20. The summed E-state index contributed by atoms with van der Waals surface area (Å²) in [5, 5.41) is 8.02. The third kappa shape index (κ3) is 3.80. The highest BCUT2D eigenvalue weighted by molar-refractivity contribution is 7.83. The molecule has 0 rings (SSSR count). The van der Waals surface area contributed by atoms with Gasteiger partial charge in [0.15, 0.2) is 11.0 Å². The Bertz CT molecular complexity index is 125. The van der Waals surface area contributed by atoms with E-state index < -0.39 is 23.1 Å². The van der Waals surface area contributed by atoms with Crippen LogP contribution in [0.2, 0.25) is 0 Å². The zero-order valence-electron chi connectivity index (χ0n) is 4.81. The lowest BCUT2D eigenvalue weighted by atomic mass is 10.8. The fourth-order valence-electron chi connectivity index (χ4n) is 0.220. The fraction of sp³-hybridized carbons (Fsp3) is 1.00. The topological polar surface area (TPSA) is 49.3 Å². The van der Waals surface area contributed by atoms with Crippen LogP contribution in [0.1, 0.15) is 0 Å². The van der Waals surface area contributed by atoms with Crippen LogP contribution in [0.15, 0.2) is 0 Å². The SMILES string of the molecule is O=S(NCCO)C(F)(F)F. The number of nitrogens with one attached hydrogen (secondary N) is 1. The average molecular weight is 177 g/mol. The Labute approximate surface area is 57.8 Å². The molecule has 1 atom stereocenters. The maximum absolute atomic E-state index is 11.3. The van der Waals surface area contributed by atoms with Gasteiger partial charge in [0.2, 0.25) is 0 Å². The van der Waals surface area contributed by atoms with E-state index in [-0.39, 0.29) is 6.54 Å². The highest BCUT2D eigenvalue weighted by Gasteiger charge is 2.36. The smallest absolute Gasteiger partial charge is 0.395 e. The van der Waals surface area contributed by atoms with Crippen LogP contribution in [-0.2, 0) is 11.0 Å². The molecule has 0 radical (unpaired) electrons. The van der Waals surface area contributed by atoms with Crippen LogP contribution >= 0.6 is 0 Å². The second-order valence-corrected chi connectivity index (χ2v) is 2.62. The quantitative estimate of drug-likeness (QED) is 0.624. The number of hydrogen-bond donors (Lipinski definition) is 2. The summed E-state index contributed by atoms with van der Waals surface area (Å²) in [4.78, 5) is 0. The molecule has 0 spiro atoms. The molecule has 0 aromatic heterocycles. The van der Waals surface area contributed by atoms with Gasteiger partial charge in [0.25, 0.3) is 0 Å². The van der Waals surface area contributed by atoms with E-state index in [0.717, 1.165) is 0 Å². The van der Waals surface area contributed by atoms with Crippen LogP contribution in [0.5, 0.6) is 0 Å². The minimum Gasteiger partial charge on any atom is -0.395 e. The molecule has 0 aromatic carbocycles. The molecule has 0 saturated carbocycles. The van der Waals surface area contributed by atoms with E-state index in [0.29, 0.717) is 0 Å². The molecular formula is C3H6F3NO2S. The first-order chi connectivity index (χ1) is 4.48. The zero-order valence-corrected chi connectivity index (χ0v) is 5.63. The van der Waals surface area contributed by atoms with Crippen LogP contribution in [0, 0.1) is 0 Å². The van der Waals surface area contributed by atoms with Crippen molar-refractivity contribution in [2.75, 3.05) is 13.2 Å². The van der Waals surface area contributed by atoms with Gasteiger partial charge in [0, 0.05) is 6.54 Å². The second kappa shape index (κ2) is 3.89. The van der Waals surface area contributed by atoms with Crippen molar-refractivity contribution in [2.24, 2.45) is 0 Å². The Hall–Kier alpha value is -0.140. The summed E-state index contributed by atoms with van der Waals surface area (Å²) in [5.41, 5.74) is -4.74. The molecule has 7 heteroatoms. The van der Waals surface area contributed by atoms with Gasteiger partial charge in [-0.05, 0) is 0 Å². The minimum atomic E-state index is -4.74. The van der Waals surface area contributed by atoms with Gasteiger partial charge in [-0.25, -0.2) is 8.93 Å². The summed E-state index contributed by atoms with van der Waals surface area (Å²) < 4.78 is 45.5. The average Bonchev–Trinajstić information content (AvgIpc) is 1.80. The molecule has 3 nitrogen and oxygen atoms in total. The van der Waals surface area contributed by atoms with Crippen molar-refractivity contribution >= 4 is 11.0 Å². The summed E-state index contributed by atoms with van der Waals surface area (Å²) >= 11 is 0. The molecule has 0 aliphatic rings. The Morgan fingerprint density at radius 3 is 2.30 bits per heavy atom. The molecule has 0 heterocycles. The molecular weight excluding hydrogens is 171 g/mol. The lowest BCUT2D eigenvalue weighted by Gasteiger charge is -2.04. The maximum Gasteiger partial charge on any atom is 0.485 e. The minimum absolute atomic E-state index is 0.327. The molecule has 1 unspecified atom stereocenters. The van der Waals surface area contributed by atoms with Crippen LogP contribution in [0.3, 0.4) is 0 Å². The first kappa shape index (κ1) is 9.86. The third-order valence-electron chi connectivity index (χ3n) is 0.555. The molecule has 0 amide bonds. The number of rotatable bonds is 3. The van der Waals surface area contributed by atoms with Gasteiger partial charge in [-0.2, -0.15) is 13.2 Å². The lowest BCUT2D eigenvalue weighted by molar-refractivity contribution is -0.0394. The predicted molar refractivity (Wildman–Crippen MR) is 29.3 cm³/mol. The third-order valence-corrected chi connectivity index (χ3v) is 1.44. The van der Waals surface area contributed by atoms with Crippen molar-refractivity contribution in [3.8, 4) is 0 Å². The van der Waals surface area contributed by atoms with Crippen molar-refractivity contribution in [2.45, 2.75) is 5.51 Å². The van der Waals surface area contributed by atoms with Gasteiger partial charge in [-0.3, -0.25) is 0 Å². The Morgan fingerprint density at radius 1 is 1.50 bits per heavy atom. The molecule has 10 heavy (non-hydrogen) atoms. The van der Waals surface area contributed by atoms with E-state index in [9.17, 15) is 17.4 Å². The van der Waals surface area contributed by atoms with E-state index in [1.165, 1.54) is 0 Å². The van der Waals surface area contributed by atoms with Crippen molar-refractivity contribution in [1.29, 1.82) is 0 Å². The normalized spacial score (nSPS) is 15.2. The largest absolute Gasteiger partial charge is 0.485 e. The number of hydrogen-bond acceptors (Lipinski definition) is 2. The number of halogens is 3. The summed E-state index contributed by atoms with van der Waals surface area (Å²) in [5.74, 6) is 0. The van der Waals surface area contributed by atoms with E-state index in [4.69, 9.17) is 5.11 Å². The second-order valence-electron chi connectivity index (χ2n) is 1.33. The molecule has 62 valence electrons. The van der Waals surface area contributed by atoms with Crippen LogP contribution in [0.25, 0.3) is 0 Å². The molecule has 0 aliphatic heterocycles. The van der Waals surface area contributed by atoms with Crippen molar-refractivity contribution in [3.63, 3.8) is 0 Å². The van der Waals surface area contributed by atoms with Crippen molar-refractivity contribution in [3.05, 3.63) is 0 Å². The van der Waals surface area contributed by atoms with Crippen LogP contribution in [0.4, 0.5) is 13.2 Å². The predicted octanol–water partition coefficient (Wildman–Crippen LogP) is -0.248. The first-order valence-electron chi connectivity index (χ1n) is 2.31. The van der Waals surface area contributed by atoms with Gasteiger partial charge in [0.05, 0.1) is 6.61 Å². The lowest BCUT2D eigenvalue weighted by Crippen LogP contribution is -2.31. The van der Waals surface area contributed by atoms with Gasteiger partial charge < -0.3 is 5.11 Å². The van der Waals surface area contributed by atoms with E-state index >= 15 is 0 Å². The number of alkyl halides is 3. The van der Waals surface area contributed by atoms with Crippen molar-refractivity contribution in [1.82, 2.24) is 4.72 Å². The molecule has 0 saturated heterocycles. The fourth-order valence-corrected chi connectivity index (χ4v) is 0.661. The monoisotopic (exact) mass is 177 g/mol. The van der Waals surface area contributed by atoms with Crippen LogP contribution in [-0.4, -0.2) is 28.0 Å². The Morgan fingerprint density at radius 2 is 2.00 bits per heavy atom. The number of aliphatic hydroxyl groups excluding tert-OH is 1. The summed E-state index contributed by atoms with van der Waals surface area (Å²) in [7, 11) is -3.05. The van der Waals surface area contributed by atoms with Gasteiger partial charge in [-0.15, -0.1) is 0 Å². The van der Waals surface area contributed by atoms with Gasteiger partial charge >= 0.3 is 5.51 Å². The summed E-state index contributed by atoms with van der Waals surface area (Å²) in [6, 6.07) is 0. The summed E-state index contributed by atoms with van der Waals surface area (Å²) in [6.07, 6.45) is 0. The maximum atomic E-state index is 11.3. The molecule has 0 fully saturated rings. The molecule has 0 bridgehead atoms. The van der Waals surface area contributed by atoms with Gasteiger partial charge in [0.1, 0.15) is 0 Å². The first-order valence-corrected chi connectivity index (χ1v) is 3.46. The van der Waals surface area contributed by atoms with Crippen LogP contribution < -0.4 is 4.72 Å². The summed E-state index contributed by atoms with van der Waals surface area (Å²) in [6.45, 7) is -0.798. The van der Waals surface area contributed by atoms with Crippen molar-refractivity contribution < 1.29 is 22.5 Å². The van der Waals surface area contributed by atoms with E-state index in [2.05, 4.69) is 0 Å². The standard InChI is InChI=1S/C3H6F3NO2S/c4-3(5,6)10(9)7-1-2-8/h7-8H,1-2H2. The number of aliphatic hydroxyl groups is 1. The highest BCUT2D eigenvalue weighted by Crippen LogP contribution is 2.17. The Balaban J connectivity index is 3.64. The van der Waals surface area contributed by atoms with Gasteiger partial charge in [-0.1, -0.05) is 0 Å².